The predicted molar refractivity (Wildman–Crippen MR) is 49.7 cm³/mol. The van der Waals surface area contributed by atoms with E-state index in [1.165, 1.54) is 0 Å². The molecule has 0 saturated carbocycles. The first-order valence-electron chi connectivity index (χ1n) is 4.06. The molecule has 2 rings (SSSR count). The Kier molecular flexibility index (Phi) is 2.26. The third-order valence-corrected chi connectivity index (χ3v) is 1.58. The number of rotatable bonds is 2. The zero-order valence-electron chi connectivity index (χ0n) is 7.03. The molecular formula is C8H10N4O. The molecule has 2 heterocycles. The largest absolute Gasteiger partial charge is 0.463 e. The molecule has 0 atom stereocenters. The second kappa shape index (κ2) is 3.75. The lowest BCUT2D eigenvalue weighted by atomic mass is 10.5. The SMILES string of the molecule is C(=N\NC1=NCCN1)/c1ccco1. The van der Waals surface area contributed by atoms with Crippen molar-refractivity contribution in [2.45, 2.75) is 0 Å². The Morgan fingerprint density at radius 2 is 2.69 bits per heavy atom. The topological polar surface area (TPSA) is 61.9 Å². The number of furan rings is 1. The molecule has 1 aromatic rings. The third-order valence-electron chi connectivity index (χ3n) is 1.58. The third kappa shape index (κ3) is 2.08. The second-order valence-corrected chi connectivity index (χ2v) is 2.54. The molecule has 0 unspecified atom stereocenters. The second-order valence-electron chi connectivity index (χ2n) is 2.54. The van der Waals surface area contributed by atoms with Crippen molar-refractivity contribution in [3.05, 3.63) is 24.2 Å². The smallest absolute Gasteiger partial charge is 0.212 e. The van der Waals surface area contributed by atoms with Crippen LogP contribution in [0.25, 0.3) is 0 Å². The van der Waals surface area contributed by atoms with Gasteiger partial charge in [-0.2, -0.15) is 5.10 Å². The van der Waals surface area contributed by atoms with Crippen LogP contribution < -0.4 is 10.7 Å². The first-order valence-corrected chi connectivity index (χ1v) is 4.06. The predicted octanol–water partition coefficient (Wildman–Crippen LogP) is 0.162. The molecule has 0 saturated heterocycles. The molecular weight excluding hydrogens is 168 g/mol. The van der Waals surface area contributed by atoms with Crippen molar-refractivity contribution in [1.82, 2.24) is 10.7 Å². The molecule has 0 amide bonds. The number of hydrogen-bond acceptors (Lipinski definition) is 5. The number of hydrogen-bond donors (Lipinski definition) is 2. The Balaban J connectivity index is 1.85. The van der Waals surface area contributed by atoms with Gasteiger partial charge in [0, 0.05) is 6.54 Å². The van der Waals surface area contributed by atoms with Gasteiger partial charge in [0.05, 0.1) is 19.0 Å². The van der Waals surface area contributed by atoms with Crippen LogP contribution in [0, 0.1) is 0 Å². The molecule has 1 aliphatic rings. The minimum absolute atomic E-state index is 0.711. The molecule has 0 radical (unpaired) electrons. The number of guanidine groups is 1. The van der Waals surface area contributed by atoms with Crippen LogP contribution in [0.4, 0.5) is 0 Å². The van der Waals surface area contributed by atoms with Crippen LogP contribution in [0.5, 0.6) is 0 Å². The van der Waals surface area contributed by atoms with Crippen LogP contribution in [-0.2, 0) is 0 Å². The van der Waals surface area contributed by atoms with Gasteiger partial charge >= 0.3 is 0 Å². The molecule has 0 fully saturated rings. The summed E-state index contributed by atoms with van der Waals surface area (Å²) in [5.41, 5.74) is 2.77. The van der Waals surface area contributed by atoms with Crippen LogP contribution in [-0.4, -0.2) is 25.3 Å². The van der Waals surface area contributed by atoms with Gasteiger partial charge in [0.1, 0.15) is 5.76 Å². The number of nitrogens with one attached hydrogen (secondary N) is 2. The molecule has 0 spiro atoms. The Morgan fingerprint density at radius 1 is 1.69 bits per heavy atom. The minimum Gasteiger partial charge on any atom is -0.463 e. The minimum atomic E-state index is 0.711. The average molecular weight is 178 g/mol. The Hall–Kier alpha value is -1.78. The monoisotopic (exact) mass is 178 g/mol. The summed E-state index contributed by atoms with van der Waals surface area (Å²) in [5, 5.41) is 6.97. The lowest BCUT2D eigenvalue weighted by molar-refractivity contribution is 0.560. The van der Waals surface area contributed by atoms with Crippen LogP contribution >= 0.6 is 0 Å². The van der Waals surface area contributed by atoms with Gasteiger partial charge in [-0.15, -0.1) is 0 Å². The quantitative estimate of drug-likeness (QED) is 0.501. The number of nitrogens with zero attached hydrogens (tertiary/aromatic N) is 2. The average Bonchev–Trinajstić information content (AvgIpc) is 2.75. The van der Waals surface area contributed by atoms with Gasteiger partial charge in [-0.1, -0.05) is 0 Å². The molecule has 1 aromatic heterocycles. The maximum absolute atomic E-state index is 5.05. The van der Waals surface area contributed by atoms with E-state index in [2.05, 4.69) is 20.8 Å². The molecule has 5 nitrogen and oxygen atoms in total. The summed E-state index contributed by atoms with van der Waals surface area (Å²) in [6.45, 7) is 1.68. The van der Waals surface area contributed by atoms with Gasteiger partial charge in [-0.3, -0.25) is 0 Å². The van der Waals surface area contributed by atoms with Crippen molar-refractivity contribution in [3.63, 3.8) is 0 Å². The fourth-order valence-corrected chi connectivity index (χ4v) is 0.995. The first-order chi connectivity index (χ1) is 6.45. The van der Waals surface area contributed by atoms with Crippen molar-refractivity contribution in [1.29, 1.82) is 0 Å². The maximum Gasteiger partial charge on any atom is 0.212 e. The highest BCUT2D eigenvalue weighted by atomic mass is 16.3. The van der Waals surface area contributed by atoms with Gasteiger partial charge < -0.3 is 9.73 Å². The van der Waals surface area contributed by atoms with Gasteiger partial charge in [0.2, 0.25) is 5.96 Å². The highest BCUT2D eigenvalue weighted by Gasteiger charge is 2.01. The van der Waals surface area contributed by atoms with Crippen molar-refractivity contribution < 1.29 is 4.42 Å². The van der Waals surface area contributed by atoms with Crippen molar-refractivity contribution in [2.75, 3.05) is 13.1 Å². The van der Waals surface area contributed by atoms with Gasteiger partial charge in [0.25, 0.3) is 0 Å². The highest BCUT2D eigenvalue weighted by molar-refractivity contribution is 5.83. The molecule has 1 aliphatic heterocycles. The van der Waals surface area contributed by atoms with E-state index in [0.717, 1.165) is 13.1 Å². The lowest BCUT2D eigenvalue weighted by Gasteiger charge is -1.97. The summed E-state index contributed by atoms with van der Waals surface area (Å²) >= 11 is 0. The molecule has 5 heteroatoms. The Labute approximate surface area is 75.5 Å². The summed E-state index contributed by atoms with van der Waals surface area (Å²) in [6.07, 6.45) is 3.20. The Bertz CT molecular complexity index is 315. The van der Waals surface area contributed by atoms with E-state index >= 15 is 0 Å². The van der Waals surface area contributed by atoms with Gasteiger partial charge in [-0.05, 0) is 12.1 Å². The fraction of sp³-hybridized carbons (Fsp3) is 0.250. The summed E-state index contributed by atoms with van der Waals surface area (Å²) < 4.78 is 5.05. The van der Waals surface area contributed by atoms with E-state index in [9.17, 15) is 0 Å². The van der Waals surface area contributed by atoms with Crippen LogP contribution in [0.1, 0.15) is 5.76 Å². The van der Waals surface area contributed by atoms with E-state index in [4.69, 9.17) is 4.42 Å². The van der Waals surface area contributed by atoms with Gasteiger partial charge in [0.15, 0.2) is 0 Å². The van der Waals surface area contributed by atoms with E-state index in [-0.39, 0.29) is 0 Å². The summed E-state index contributed by atoms with van der Waals surface area (Å²) in [5.74, 6) is 1.42. The molecule has 0 bridgehead atoms. The molecule has 0 aliphatic carbocycles. The van der Waals surface area contributed by atoms with Crippen LogP contribution in [0.2, 0.25) is 0 Å². The standard InChI is InChI=1S/C8H10N4O/c1-2-7(13-5-1)6-11-12-8-9-3-4-10-8/h1-2,5-6H,3-4H2,(H2,9,10,12)/b11-6+. The van der Waals surface area contributed by atoms with Crippen LogP contribution in [0.15, 0.2) is 32.9 Å². The normalized spacial score (nSPS) is 15.8. The maximum atomic E-state index is 5.05. The van der Waals surface area contributed by atoms with Crippen molar-refractivity contribution in [3.8, 4) is 0 Å². The van der Waals surface area contributed by atoms with E-state index < -0.39 is 0 Å². The lowest BCUT2D eigenvalue weighted by Crippen LogP contribution is -2.30. The zero-order chi connectivity index (χ0) is 8.93. The van der Waals surface area contributed by atoms with Crippen molar-refractivity contribution >= 4 is 12.2 Å². The summed E-state index contributed by atoms with van der Waals surface area (Å²) in [7, 11) is 0. The van der Waals surface area contributed by atoms with E-state index in [1.807, 2.05) is 12.1 Å². The zero-order valence-corrected chi connectivity index (χ0v) is 7.03. The summed E-state index contributed by atoms with van der Waals surface area (Å²) in [4.78, 5) is 4.10. The van der Waals surface area contributed by atoms with E-state index in [0.29, 0.717) is 11.7 Å². The molecule has 2 N–H and O–H groups in total. The molecule has 0 aromatic carbocycles. The first kappa shape index (κ1) is 7.85. The molecule has 68 valence electrons. The van der Waals surface area contributed by atoms with Gasteiger partial charge in [-0.25, -0.2) is 10.4 Å². The fourth-order valence-electron chi connectivity index (χ4n) is 0.995. The van der Waals surface area contributed by atoms with E-state index in [1.54, 1.807) is 12.5 Å². The summed E-state index contributed by atoms with van der Waals surface area (Å²) in [6, 6.07) is 3.64. The van der Waals surface area contributed by atoms with Crippen LogP contribution in [0.3, 0.4) is 0 Å². The number of aliphatic imine (C=N–C) groups is 1. The number of hydrazone groups is 1. The highest BCUT2D eigenvalue weighted by Crippen LogP contribution is 1.94. The van der Waals surface area contributed by atoms with Crippen molar-refractivity contribution in [2.24, 2.45) is 10.1 Å². The Morgan fingerprint density at radius 3 is 3.38 bits per heavy atom. The molecule has 13 heavy (non-hydrogen) atoms.